The van der Waals surface area contributed by atoms with Gasteiger partial charge in [-0.25, -0.2) is 0 Å². The van der Waals surface area contributed by atoms with Crippen LogP contribution in [0, 0.1) is 0 Å². The van der Waals surface area contributed by atoms with E-state index in [0.29, 0.717) is 6.54 Å². The van der Waals surface area contributed by atoms with Gasteiger partial charge in [0.2, 0.25) is 0 Å². The molecule has 0 amide bonds. The molecule has 2 aromatic carbocycles. The standard InChI is InChI=1S/C18H21N3O/c22-19-18(16-7-3-1-4-8-16)15-20-11-13-21(14-12-20)17-9-5-2-6-10-17/h1-10,22H,11-15H2. The van der Waals surface area contributed by atoms with Gasteiger partial charge in [-0.3, -0.25) is 4.90 Å². The highest BCUT2D eigenvalue weighted by atomic mass is 16.4. The molecule has 3 rings (SSSR count). The van der Waals surface area contributed by atoms with Crippen LogP contribution >= 0.6 is 0 Å². The Kier molecular flexibility index (Phi) is 4.71. The van der Waals surface area contributed by atoms with Gasteiger partial charge in [-0.2, -0.15) is 0 Å². The van der Waals surface area contributed by atoms with E-state index in [2.05, 4.69) is 39.2 Å². The molecule has 1 aliphatic heterocycles. The lowest BCUT2D eigenvalue weighted by molar-refractivity contribution is 0.280. The summed E-state index contributed by atoms with van der Waals surface area (Å²) in [5, 5.41) is 12.8. The van der Waals surface area contributed by atoms with Crippen molar-refractivity contribution in [1.82, 2.24) is 4.90 Å². The quantitative estimate of drug-likeness (QED) is 0.535. The third-order valence-electron chi connectivity index (χ3n) is 4.09. The van der Waals surface area contributed by atoms with E-state index in [-0.39, 0.29) is 0 Å². The van der Waals surface area contributed by atoms with Crippen molar-refractivity contribution in [3.05, 3.63) is 66.2 Å². The largest absolute Gasteiger partial charge is 0.411 e. The molecule has 2 aromatic rings. The summed E-state index contributed by atoms with van der Waals surface area (Å²) in [4.78, 5) is 4.73. The van der Waals surface area contributed by atoms with Crippen molar-refractivity contribution in [3.63, 3.8) is 0 Å². The van der Waals surface area contributed by atoms with E-state index in [1.54, 1.807) is 0 Å². The van der Waals surface area contributed by atoms with Crippen LogP contribution in [0.3, 0.4) is 0 Å². The molecule has 0 aliphatic carbocycles. The molecular formula is C18H21N3O. The molecule has 1 aliphatic rings. The molecule has 22 heavy (non-hydrogen) atoms. The molecule has 4 nitrogen and oxygen atoms in total. The maximum Gasteiger partial charge on any atom is 0.101 e. The van der Waals surface area contributed by atoms with E-state index in [1.165, 1.54) is 5.69 Å². The average Bonchev–Trinajstić information content (AvgIpc) is 2.62. The molecule has 1 N–H and O–H groups in total. The molecule has 1 heterocycles. The van der Waals surface area contributed by atoms with Crippen LogP contribution in [0.5, 0.6) is 0 Å². The fourth-order valence-electron chi connectivity index (χ4n) is 2.83. The molecule has 0 aromatic heterocycles. The molecule has 0 bridgehead atoms. The lowest BCUT2D eigenvalue weighted by atomic mass is 10.1. The zero-order chi connectivity index (χ0) is 15.2. The van der Waals surface area contributed by atoms with E-state index >= 15 is 0 Å². The number of rotatable bonds is 4. The third-order valence-corrected chi connectivity index (χ3v) is 4.09. The highest BCUT2D eigenvalue weighted by Crippen LogP contribution is 2.15. The summed E-state index contributed by atoms with van der Waals surface area (Å²) in [6, 6.07) is 20.4. The summed E-state index contributed by atoms with van der Waals surface area (Å²) in [5.41, 5.74) is 2.99. The zero-order valence-corrected chi connectivity index (χ0v) is 12.6. The SMILES string of the molecule is ON=C(CN1CCN(c2ccccc2)CC1)c1ccccc1. The molecule has 0 saturated carbocycles. The van der Waals surface area contributed by atoms with Gasteiger partial charge >= 0.3 is 0 Å². The van der Waals surface area contributed by atoms with Gasteiger partial charge in [0.25, 0.3) is 0 Å². The van der Waals surface area contributed by atoms with Crippen LogP contribution in [0.25, 0.3) is 0 Å². The van der Waals surface area contributed by atoms with E-state index in [1.807, 2.05) is 36.4 Å². The smallest absolute Gasteiger partial charge is 0.101 e. The first kappa shape index (κ1) is 14.6. The first-order chi connectivity index (χ1) is 10.9. The number of piperazine rings is 1. The second-order valence-corrected chi connectivity index (χ2v) is 5.51. The van der Waals surface area contributed by atoms with Gasteiger partial charge in [-0.15, -0.1) is 0 Å². The van der Waals surface area contributed by atoms with Gasteiger partial charge in [-0.1, -0.05) is 53.7 Å². The average molecular weight is 295 g/mol. The van der Waals surface area contributed by atoms with Crippen LogP contribution < -0.4 is 4.90 Å². The Hall–Kier alpha value is -2.33. The van der Waals surface area contributed by atoms with Gasteiger partial charge in [-0.05, 0) is 12.1 Å². The number of para-hydroxylation sites is 1. The summed E-state index contributed by atoms with van der Waals surface area (Å²) >= 11 is 0. The third kappa shape index (κ3) is 3.46. The lowest BCUT2D eigenvalue weighted by Gasteiger charge is -2.36. The van der Waals surface area contributed by atoms with E-state index in [0.717, 1.165) is 37.5 Å². The monoisotopic (exact) mass is 295 g/mol. The second-order valence-electron chi connectivity index (χ2n) is 5.51. The Bertz CT molecular complexity index is 605. The first-order valence-corrected chi connectivity index (χ1v) is 7.65. The van der Waals surface area contributed by atoms with Crippen molar-refractivity contribution in [2.75, 3.05) is 37.6 Å². The molecule has 4 heteroatoms. The van der Waals surface area contributed by atoms with Crippen molar-refractivity contribution in [2.24, 2.45) is 5.16 Å². The predicted molar refractivity (Wildman–Crippen MR) is 89.9 cm³/mol. The van der Waals surface area contributed by atoms with Crippen LogP contribution in [-0.2, 0) is 0 Å². The molecule has 114 valence electrons. The van der Waals surface area contributed by atoms with Gasteiger partial charge in [0.1, 0.15) is 5.71 Å². The molecule has 1 saturated heterocycles. The Balaban J connectivity index is 1.58. The summed E-state index contributed by atoms with van der Waals surface area (Å²) < 4.78 is 0. The predicted octanol–water partition coefficient (Wildman–Crippen LogP) is 2.69. The fourth-order valence-corrected chi connectivity index (χ4v) is 2.83. The fraction of sp³-hybridized carbons (Fsp3) is 0.278. The lowest BCUT2D eigenvalue weighted by Crippen LogP contribution is -2.48. The van der Waals surface area contributed by atoms with Crippen molar-refractivity contribution >= 4 is 11.4 Å². The Morgan fingerprint density at radius 2 is 1.45 bits per heavy atom. The Labute approximate surface area is 131 Å². The number of hydrogen-bond acceptors (Lipinski definition) is 4. The molecule has 1 fully saturated rings. The zero-order valence-electron chi connectivity index (χ0n) is 12.6. The van der Waals surface area contributed by atoms with Crippen molar-refractivity contribution in [1.29, 1.82) is 0 Å². The van der Waals surface area contributed by atoms with Crippen LogP contribution in [0.2, 0.25) is 0 Å². The Morgan fingerprint density at radius 1 is 0.864 bits per heavy atom. The maximum absolute atomic E-state index is 9.29. The van der Waals surface area contributed by atoms with E-state index < -0.39 is 0 Å². The highest BCUT2D eigenvalue weighted by Gasteiger charge is 2.19. The number of oxime groups is 1. The number of hydrogen-bond donors (Lipinski definition) is 1. The van der Waals surface area contributed by atoms with Crippen LogP contribution in [0.4, 0.5) is 5.69 Å². The van der Waals surface area contributed by atoms with Crippen molar-refractivity contribution in [2.45, 2.75) is 0 Å². The minimum atomic E-state index is 0.684. The summed E-state index contributed by atoms with van der Waals surface area (Å²) in [5.74, 6) is 0. The topological polar surface area (TPSA) is 39.1 Å². The van der Waals surface area contributed by atoms with Crippen LogP contribution in [0.1, 0.15) is 5.56 Å². The second kappa shape index (κ2) is 7.09. The van der Waals surface area contributed by atoms with Crippen LogP contribution in [0.15, 0.2) is 65.8 Å². The van der Waals surface area contributed by atoms with Gasteiger partial charge in [0.05, 0.1) is 0 Å². The minimum Gasteiger partial charge on any atom is -0.411 e. The first-order valence-electron chi connectivity index (χ1n) is 7.65. The van der Waals surface area contributed by atoms with Crippen molar-refractivity contribution in [3.8, 4) is 0 Å². The number of anilines is 1. The molecule has 0 spiro atoms. The molecule has 0 unspecified atom stereocenters. The number of benzene rings is 2. The minimum absolute atomic E-state index is 0.684. The van der Waals surface area contributed by atoms with E-state index in [9.17, 15) is 5.21 Å². The maximum atomic E-state index is 9.29. The van der Waals surface area contributed by atoms with Crippen molar-refractivity contribution < 1.29 is 5.21 Å². The molecule has 0 atom stereocenters. The van der Waals surface area contributed by atoms with E-state index in [4.69, 9.17) is 0 Å². The summed E-state index contributed by atoms with van der Waals surface area (Å²) in [6.07, 6.45) is 0. The van der Waals surface area contributed by atoms with Gasteiger partial charge in [0, 0.05) is 44.0 Å². The summed E-state index contributed by atoms with van der Waals surface area (Å²) in [7, 11) is 0. The molecule has 0 radical (unpaired) electrons. The van der Waals surface area contributed by atoms with Crippen LogP contribution in [-0.4, -0.2) is 48.5 Å². The number of nitrogens with zero attached hydrogens (tertiary/aromatic N) is 3. The Morgan fingerprint density at radius 3 is 2.05 bits per heavy atom. The van der Waals surface area contributed by atoms with Gasteiger partial charge in [0.15, 0.2) is 0 Å². The molecular weight excluding hydrogens is 274 g/mol. The summed E-state index contributed by atoms with van der Waals surface area (Å²) in [6.45, 7) is 4.62. The van der Waals surface area contributed by atoms with Gasteiger partial charge < -0.3 is 10.1 Å². The highest BCUT2D eigenvalue weighted by molar-refractivity contribution is 6.01. The normalized spacial score (nSPS) is 16.7.